The molecule has 0 radical (unpaired) electrons. The Bertz CT molecular complexity index is 871. The van der Waals surface area contributed by atoms with Gasteiger partial charge in [-0.3, -0.25) is 19.8 Å². The monoisotopic (exact) mass is 338 g/mol. The molecule has 0 unspecified atom stereocenters. The van der Waals surface area contributed by atoms with Crippen LogP contribution in [0.4, 0.5) is 15.8 Å². The van der Waals surface area contributed by atoms with Gasteiger partial charge in [0.15, 0.2) is 0 Å². The summed E-state index contributed by atoms with van der Waals surface area (Å²) < 4.78 is 13.5. The van der Waals surface area contributed by atoms with E-state index in [2.05, 4.69) is 15.2 Å². The van der Waals surface area contributed by atoms with Crippen molar-refractivity contribution in [2.24, 2.45) is 5.92 Å². The van der Waals surface area contributed by atoms with Crippen LogP contribution in [0.2, 0.25) is 0 Å². The molecule has 1 aliphatic carbocycles. The first kappa shape index (κ1) is 15.7. The number of anilines is 2. The van der Waals surface area contributed by atoms with E-state index in [1.54, 1.807) is 23.5 Å². The van der Waals surface area contributed by atoms with E-state index in [1.165, 1.54) is 0 Å². The average Bonchev–Trinajstić information content (AvgIpc) is 3.11. The highest BCUT2D eigenvalue weighted by atomic mass is 19.1. The highest BCUT2D eigenvalue weighted by molar-refractivity contribution is 6.03. The van der Waals surface area contributed by atoms with Gasteiger partial charge in [0, 0.05) is 23.2 Å². The highest BCUT2D eigenvalue weighted by Crippen LogP contribution is 2.34. The van der Waals surface area contributed by atoms with Gasteiger partial charge in [-0.1, -0.05) is 0 Å². The van der Waals surface area contributed by atoms with Crippen molar-refractivity contribution in [3.05, 3.63) is 48.9 Å². The van der Waals surface area contributed by atoms with Crippen LogP contribution in [0.15, 0.2) is 48.9 Å². The van der Waals surface area contributed by atoms with E-state index in [0.717, 1.165) is 22.3 Å². The molecule has 4 rings (SSSR count). The number of H-pyrrole nitrogens is 1. The molecule has 1 saturated carbocycles. The molecule has 0 bridgehead atoms. The van der Waals surface area contributed by atoms with Gasteiger partial charge in [0.2, 0.25) is 5.91 Å². The zero-order valence-corrected chi connectivity index (χ0v) is 13.7. The number of carbonyl (C=O) groups is 1. The van der Waals surface area contributed by atoms with E-state index >= 15 is 0 Å². The van der Waals surface area contributed by atoms with Crippen molar-refractivity contribution >= 4 is 28.2 Å². The average molecular weight is 338 g/mol. The molecule has 0 atom stereocenters. The quantitative estimate of drug-likeness (QED) is 0.780. The number of aromatic amines is 1. The summed E-state index contributed by atoms with van der Waals surface area (Å²) >= 11 is 0. The maximum absolute atomic E-state index is 13.5. The van der Waals surface area contributed by atoms with E-state index in [0.29, 0.717) is 25.7 Å². The van der Waals surface area contributed by atoms with Crippen LogP contribution in [0.5, 0.6) is 0 Å². The molecule has 0 spiro atoms. The van der Waals surface area contributed by atoms with E-state index in [-0.39, 0.29) is 11.8 Å². The van der Waals surface area contributed by atoms with Gasteiger partial charge in [-0.05, 0) is 56.0 Å². The van der Waals surface area contributed by atoms with Gasteiger partial charge in [0.05, 0.1) is 23.6 Å². The van der Waals surface area contributed by atoms with Gasteiger partial charge in [-0.2, -0.15) is 5.10 Å². The van der Waals surface area contributed by atoms with Crippen molar-refractivity contribution in [3.63, 3.8) is 0 Å². The van der Waals surface area contributed by atoms with E-state index < -0.39 is 6.17 Å². The molecule has 128 valence electrons. The number of hydrogen-bond donors (Lipinski definition) is 1. The van der Waals surface area contributed by atoms with Gasteiger partial charge >= 0.3 is 0 Å². The smallest absolute Gasteiger partial charge is 0.234 e. The van der Waals surface area contributed by atoms with Gasteiger partial charge < -0.3 is 0 Å². The van der Waals surface area contributed by atoms with Crippen LogP contribution in [-0.4, -0.2) is 27.3 Å². The first-order chi connectivity index (χ1) is 12.2. The molecule has 3 aromatic rings. The van der Waals surface area contributed by atoms with Crippen LogP contribution in [0.25, 0.3) is 10.9 Å². The summed E-state index contributed by atoms with van der Waals surface area (Å²) in [5.74, 6) is -0.157. The highest BCUT2D eigenvalue weighted by Gasteiger charge is 2.31. The lowest BCUT2D eigenvalue weighted by molar-refractivity contribution is -0.122. The maximum Gasteiger partial charge on any atom is 0.234 e. The van der Waals surface area contributed by atoms with Crippen molar-refractivity contribution in [2.45, 2.75) is 31.9 Å². The Morgan fingerprint density at radius 1 is 1.12 bits per heavy atom. The molecule has 2 aromatic heterocycles. The third kappa shape index (κ3) is 3.12. The van der Waals surface area contributed by atoms with Crippen LogP contribution in [0.3, 0.4) is 0 Å². The Hall–Kier alpha value is -2.76. The molecule has 0 saturated heterocycles. The predicted molar refractivity (Wildman–Crippen MR) is 94.3 cm³/mol. The molecular weight excluding hydrogens is 319 g/mol. The van der Waals surface area contributed by atoms with Crippen molar-refractivity contribution in [1.29, 1.82) is 0 Å². The van der Waals surface area contributed by atoms with Crippen LogP contribution in [0.1, 0.15) is 25.7 Å². The minimum atomic E-state index is -0.779. The van der Waals surface area contributed by atoms with Crippen molar-refractivity contribution in [3.8, 4) is 0 Å². The number of halogens is 1. The second kappa shape index (κ2) is 6.63. The Balaban J connectivity index is 1.72. The number of alkyl halides is 1. The second-order valence-electron chi connectivity index (χ2n) is 6.48. The number of amides is 1. The lowest BCUT2D eigenvalue weighted by Gasteiger charge is -2.30. The number of pyridine rings is 1. The third-order valence-corrected chi connectivity index (χ3v) is 4.81. The summed E-state index contributed by atoms with van der Waals surface area (Å²) in [6.45, 7) is 0. The molecule has 1 aromatic carbocycles. The first-order valence-corrected chi connectivity index (χ1v) is 8.53. The Kier molecular flexibility index (Phi) is 4.17. The fourth-order valence-corrected chi connectivity index (χ4v) is 3.44. The Labute approximate surface area is 144 Å². The number of carbonyl (C=O) groups excluding carboxylic acids is 1. The normalized spacial score (nSPS) is 20.5. The third-order valence-electron chi connectivity index (χ3n) is 4.81. The fourth-order valence-electron chi connectivity index (χ4n) is 3.44. The molecular formula is C19H19FN4O. The molecule has 25 heavy (non-hydrogen) atoms. The van der Waals surface area contributed by atoms with E-state index in [1.807, 2.05) is 30.3 Å². The van der Waals surface area contributed by atoms with Crippen molar-refractivity contribution in [1.82, 2.24) is 15.2 Å². The minimum Gasteiger partial charge on any atom is -0.279 e. The zero-order chi connectivity index (χ0) is 17.2. The fraction of sp³-hybridized carbons (Fsp3) is 0.316. The summed E-state index contributed by atoms with van der Waals surface area (Å²) in [6, 6.07) is 9.42. The molecule has 1 fully saturated rings. The van der Waals surface area contributed by atoms with Gasteiger partial charge in [-0.25, -0.2) is 4.39 Å². The van der Waals surface area contributed by atoms with Crippen LogP contribution >= 0.6 is 0 Å². The van der Waals surface area contributed by atoms with Crippen LogP contribution < -0.4 is 4.90 Å². The number of aromatic nitrogens is 3. The van der Waals surface area contributed by atoms with Crippen LogP contribution in [-0.2, 0) is 4.79 Å². The lowest BCUT2D eigenvalue weighted by atomic mass is 9.87. The largest absolute Gasteiger partial charge is 0.279 e. The molecule has 6 heteroatoms. The number of nitrogens with zero attached hydrogens (tertiary/aromatic N) is 3. The van der Waals surface area contributed by atoms with Crippen LogP contribution in [0, 0.1) is 5.92 Å². The van der Waals surface area contributed by atoms with Crippen molar-refractivity contribution < 1.29 is 9.18 Å². The number of nitrogens with one attached hydrogen (secondary N) is 1. The molecule has 1 aliphatic rings. The van der Waals surface area contributed by atoms with E-state index in [4.69, 9.17) is 0 Å². The van der Waals surface area contributed by atoms with Gasteiger partial charge in [-0.15, -0.1) is 0 Å². The number of fused-ring (bicyclic) bond motifs is 1. The Morgan fingerprint density at radius 2 is 1.96 bits per heavy atom. The molecule has 1 N–H and O–H groups in total. The summed E-state index contributed by atoms with van der Waals surface area (Å²) in [4.78, 5) is 19.1. The number of hydrogen-bond acceptors (Lipinski definition) is 3. The minimum absolute atomic E-state index is 0.00254. The molecule has 1 amide bonds. The number of benzene rings is 1. The summed E-state index contributed by atoms with van der Waals surface area (Å²) in [7, 11) is 0. The number of rotatable bonds is 3. The van der Waals surface area contributed by atoms with Gasteiger partial charge in [0.25, 0.3) is 0 Å². The Morgan fingerprint density at radius 3 is 2.72 bits per heavy atom. The second-order valence-corrected chi connectivity index (χ2v) is 6.48. The molecule has 0 aliphatic heterocycles. The predicted octanol–water partition coefficient (Wildman–Crippen LogP) is 4.15. The SMILES string of the molecule is O=C(C1CCC(F)CC1)N(c1cccnc1)c1ccc2[nH]ncc2c1. The topological polar surface area (TPSA) is 61.9 Å². The summed E-state index contributed by atoms with van der Waals surface area (Å²) in [6.07, 6.45) is 6.40. The van der Waals surface area contributed by atoms with E-state index in [9.17, 15) is 9.18 Å². The van der Waals surface area contributed by atoms with Crippen molar-refractivity contribution in [2.75, 3.05) is 4.90 Å². The zero-order valence-electron chi connectivity index (χ0n) is 13.7. The lowest BCUT2D eigenvalue weighted by Crippen LogP contribution is -2.35. The standard InChI is InChI=1S/C19H19FN4O/c20-15-5-3-13(4-6-15)19(25)24(17-2-1-9-21-12-17)16-7-8-18-14(10-16)11-22-23-18/h1-2,7-13,15H,3-6H2,(H,22,23). The molecule has 2 heterocycles. The molecule has 5 nitrogen and oxygen atoms in total. The summed E-state index contributed by atoms with van der Waals surface area (Å²) in [5.41, 5.74) is 2.41. The first-order valence-electron chi connectivity index (χ1n) is 8.53. The van der Waals surface area contributed by atoms with Gasteiger partial charge in [0.1, 0.15) is 6.17 Å². The maximum atomic E-state index is 13.5. The summed E-state index contributed by atoms with van der Waals surface area (Å²) in [5, 5.41) is 7.89.